The highest BCUT2D eigenvalue weighted by Gasteiger charge is 2.17. The zero-order chi connectivity index (χ0) is 12.3. The molecule has 4 nitrogen and oxygen atoms in total. The Hall–Kier alpha value is -1.00. The van der Waals surface area contributed by atoms with Crippen molar-refractivity contribution in [2.45, 2.75) is 19.4 Å². The highest BCUT2D eigenvalue weighted by molar-refractivity contribution is 5.34. The molecule has 1 aliphatic rings. The Morgan fingerprint density at radius 2 is 2.35 bits per heavy atom. The fraction of sp³-hybridized carbons (Fsp3) is 0.692. The molecular formula is C13H23N3O. The van der Waals surface area contributed by atoms with Gasteiger partial charge in [-0.05, 0) is 26.5 Å². The first-order valence-corrected chi connectivity index (χ1v) is 6.34. The van der Waals surface area contributed by atoms with Gasteiger partial charge in [-0.1, -0.05) is 0 Å². The molecule has 4 heteroatoms. The minimum absolute atomic E-state index is 0.604. The van der Waals surface area contributed by atoms with Gasteiger partial charge in [0.05, 0.1) is 0 Å². The van der Waals surface area contributed by atoms with E-state index in [1.165, 1.54) is 0 Å². The van der Waals surface area contributed by atoms with E-state index in [2.05, 4.69) is 29.2 Å². The molecule has 1 fully saturated rings. The fourth-order valence-corrected chi connectivity index (χ4v) is 2.27. The minimum atomic E-state index is 0.604. The summed E-state index contributed by atoms with van der Waals surface area (Å²) in [5.41, 5.74) is 0. The van der Waals surface area contributed by atoms with Crippen LogP contribution in [0.4, 0.5) is 5.88 Å². The van der Waals surface area contributed by atoms with E-state index in [-0.39, 0.29) is 0 Å². The second-order valence-electron chi connectivity index (χ2n) is 5.01. The molecule has 0 saturated carbocycles. The van der Waals surface area contributed by atoms with Crippen LogP contribution >= 0.6 is 0 Å². The number of nitrogens with one attached hydrogen (secondary N) is 1. The minimum Gasteiger partial charge on any atom is -0.446 e. The van der Waals surface area contributed by atoms with Crippen LogP contribution in [0.2, 0.25) is 0 Å². The first kappa shape index (κ1) is 12.5. The molecule has 0 aliphatic carbocycles. The maximum atomic E-state index is 5.60. The molecule has 1 saturated heterocycles. The molecule has 1 unspecified atom stereocenters. The Kier molecular flexibility index (Phi) is 4.07. The zero-order valence-corrected chi connectivity index (χ0v) is 11.1. The monoisotopic (exact) mass is 237 g/mol. The van der Waals surface area contributed by atoms with Crippen LogP contribution in [-0.2, 0) is 0 Å². The molecular weight excluding hydrogens is 214 g/mol. The van der Waals surface area contributed by atoms with E-state index in [0.29, 0.717) is 6.04 Å². The van der Waals surface area contributed by atoms with Crippen LogP contribution in [0.1, 0.15) is 12.2 Å². The quantitative estimate of drug-likeness (QED) is 0.856. The summed E-state index contributed by atoms with van der Waals surface area (Å²) in [5.74, 6) is 1.94. The number of likely N-dealkylation sites (N-methyl/N-ethyl adjacent to an activating group) is 1. The Morgan fingerprint density at radius 1 is 1.53 bits per heavy atom. The van der Waals surface area contributed by atoms with Gasteiger partial charge in [0.1, 0.15) is 5.76 Å². The summed E-state index contributed by atoms with van der Waals surface area (Å²) < 4.78 is 5.60. The largest absolute Gasteiger partial charge is 0.446 e. The van der Waals surface area contributed by atoms with Crippen molar-refractivity contribution in [1.29, 1.82) is 0 Å². The zero-order valence-electron chi connectivity index (χ0n) is 11.1. The van der Waals surface area contributed by atoms with Crippen LogP contribution in [0.5, 0.6) is 0 Å². The van der Waals surface area contributed by atoms with Crippen molar-refractivity contribution in [2.24, 2.45) is 0 Å². The van der Waals surface area contributed by atoms with Gasteiger partial charge in [0.2, 0.25) is 0 Å². The van der Waals surface area contributed by atoms with Gasteiger partial charge in [-0.25, -0.2) is 0 Å². The van der Waals surface area contributed by atoms with Crippen LogP contribution in [0.25, 0.3) is 0 Å². The van der Waals surface area contributed by atoms with E-state index >= 15 is 0 Å². The van der Waals surface area contributed by atoms with Crippen molar-refractivity contribution in [3.05, 3.63) is 17.9 Å². The molecule has 0 aromatic carbocycles. The molecule has 0 radical (unpaired) electrons. The molecule has 0 amide bonds. The van der Waals surface area contributed by atoms with Gasteiger partial charge in [-0.2, -0.15) is 0 Å². The smallest absolute Gasteiger partial charge is 0.195 e. The Morgan fingerprint density at radius 3 is 3.00 bits per heavy atom. The van der Waals surface area contributed by atoms with Crippen LogP contribution in [0.15, 0.2) is 16.5 Å². The average Bonchev–Trinajstić information content (AvgIpc) is 2.73. The summed E-state index contributed by atoms with van der Waals surface area (Å²) in [6, 6.07) is 4.65. The number of furan rings is 1. The molecule has 17 heavy (non-hydrogen) atoms. The SMILES string of the molecule is Cc1ccc(N(C)CCC2CN(C)CCN2)o1. The summed E-state index contributed by atoms with van der Waals surface area (Å²) >= 11 is 0. The lowest BCUT2D eigenvalue weighted by molar-refractivity contribution is 0.233. The summed E-state index contributed by atoms with van der Waals surface area (Å²) in [7, 11) is 4.28. The number of nitrogens with zero attached hydrogens (tertiary/aromatic N) is 2. The van der Waals surface area contributed by atoms with E-state index in [1.807, 2.05) is 19.1 Å². The summed E-state index contributed by atoms with van der Waals surface area (Å²) in [5, 5.41) is 3.56. The Balaban J connectivity index is 1.77. The normalized spacial score (nSPS) is 21.7. The van der Waals surface area contributed by atoms with Crippen LogP contribution in [0.3, 0.4) is 0 Å². The van der Waals surface area contributed by atoms with Crippen molar-refractivity contribution in [1.82, 2.24) is 10.2 Å². The maximum absolute atomic E-state index is 5.60. The number of hydrogen-bond donors (Lipinski definition) is 1. The van der Waals surface area contributed by atoms with Gasteiger partial charge in [0.15, 0.2) is 5.88 Å². The third-order valence-electron chi connectivity index (χ3n) is 3.37. The van der Waals surface area contributed by atoms with Crippen LogP contribution in [0, 0.1) is 6.92 Å². The molecule has 1 atom stereocenters. The predicted molar refractivity (Wildman–Crippen MR) is 70.6 cm³/mol. The van der Waals surface area contributed by atoms with Gasteiger partial charge in [0.25, 0.3) is 0 Å². The summed E-state index contributed by atoms with van der Waals surface area (Å²) in [6.45, 7) is 6.41. The molecule has 1 aromatic rings. The second-order valence-corrected chi connectivity index (χ2v) is 5.01. The van der Waals surface area contributed by atoms with Crippen LogP contribution < -0.4 is 10.2 Å². The van der Waals surface area contributed by atoms with Crippen molar-refractivity contribution in [2.75, 3.05) is 45.2 Å². The fourth-order valence-electron chi connectivity index (χ4n) is 2.27. The molecule has 0 bridgehead atoms. The standard InChI is InChI=1S/C13H23N3O/c1-11-4-5-13(17-11)16(3)8-6-12-10-15(2)9-7-14-12/h4-5,12,14H,6-10H2,1-3H3. The van der Waals surface area contributed by atoms with Gasteiger partial charge in [-0.15, -0.1) is 0 Å². The molecule has 2 heterocycles. The first-order chi connectivity index (χ1) is 8.15. The van der Waals surface area contributed by atoms with E-state index in [4.69, 9.17) is 4.42 Å². The van der Waals surface area contributed by atoms with E-state index in [9.17, 15) is 0 Å². The van der Waals surface area contributed by atoms with Crippen molar-refractivity contribution in [3.63, 3.8) is 0 Å². The number of aryl methyl sites for hydroxylation is 1. The molecule has 1 N–H and O–H groups in total. The maximum Gasteiger partial charge on any atom is 0.195 e. The van der Waals surface area contributed by atoms with E-state index in [1.54, 1.807) is 0 Å². The molecule has 2 rings (SSSR count). The summed E-state index contributed by atoms with van der Waals surface area (Å²) in [6.07, 6.45) is 1.15. The lowest BCUT2D eigenvalue weighted by Crippen LogP contribution is -2.49. The van der Waals surface area contributed by atoms with Gasteiger partial charge < -0.3 is 19.5 Å². The number of anilines is 1. The van der Waals surface area contributed by atoms with E-state index < -0.39 is 0 Å². The molecule has 96 valence electrons. The Labute approximate surface area is 104 Å². The van der Waals surface area contributed by atoms with Crippen LogP contribution in [-0.4, -0.2) is 51.2 Å². The van der Waals surface area contributed by atoms with Crippen molar-refractivity contribution in [3.8, 4) is 0 Å². The third-order valence-corrected chi connectivity index (χ3v) is 3.37. The highest BCUT2D eigenvalue weighted by atomic mass is 16.4. The number of rotatable bonds is 4. The number of hydrogen-bond acceptors (Lipinski definition) is 4. The third kappa shape index (κ3) is 3.48. The molecule has 0 spiro atoms. The lowest BCUT2D eigenvalue weighted by atomic mass is 10.1. The first-order valence-electron chi connectivity index (χ1n) is 6.34. The average molecular weight is 237 g/mol. The molecule has 1 aliphatic heterocycles. The molecule has 1 aromatic heterocycles. The Bertz CT molecular complexity index is 350. The second kappa shape index (κ2) is 5.56. The van der Waals surface area contributed by atoms with Gasteiger partial charge in [0, 0.05) is 45.3 Å². The van der Waals surface area contributed by atoms with Crippen molar-refractivity contribution >= 4 is 5.88 Å². The predicted octanol–water partition coefficient (Wildman–Crippen LogP) is 1.32. The van der Waals surface area contributed by atoms with E-state index in [0.717, 1.165) is 44.2 Å². The lowest BCUT2D eigenvalue weighted by Gasteiger charge is -2.31. The summed E-state index contributed by atoms with van der Waals surface area (Å²) in [4.78, 5) is 4.57. The van der Waals surface area contributed by atoms with Crippen molar-refractivity contribution < 1.29 is 4.42 Å². The van der Waals surface area contributed by atoms with Gasteiger partial charge >= 0.3 is 0 Å². The van der Waals surface area contributed by atoms with Gasteiger partial charge in [-0.3, -0.25) is 0 Å². The topological polar surface area (TPSA) is 31.6 Å². The number of piperazine rings is 1. The highest BCUT2D eigenvalue weighted by Crippen LogP contribution is 2.16.